The summed E-state index contributed by atoms with van der Waals surface area (Å²) >= 11 is 1.49. The highest BCUT2D eigenvalue weighted by molar-refractivity contribution is 7.98. The van der Waals surface area contributed by atoms with Crippen LogP contribution in [0.4, 0.5) is 5.82 Å². The van der Waals surface area contributed by atoms with Crippen LogP contribution >= 0.6 is 11.8 Å². The molecule has 0 fully saturated rings. The van der Waals surface area contributed by atoms with Gasteiger partial charge in [0.25, 0.3) is 5.56 Å². The Morgan fingerprint density at radius 1 is 1.00 bits per heavy atom. The summed E-state index contributed by atoms with van der Waals surface area (Å²) in [5.41, 5.74) is 2.42. The van der Waals surface area contributed by atoms with Crippen molar-refractivity contribution in [3.8, 4) is 0 Å². The first kappa shape index (κ1) is 19.6. The van der Waals surface area contributed by atoms with Gasteiger partial charge in [0.1, 0.15) is 5.82 Å². The van der Waals surface area contributed by atoms with Crippen LogP contribution in [0.5, 0.6) is 0 Å². The molecule has 1 unspecified atom stereocenters. The number of nitrogens with zero attached hydrogens (tertiary/aromatic N) is 2. The quantitative estimate of drug-likeness (QED) is 0.379. The molecule has 0 spiro atoms. The first-order valence-electron chi connectivity index (χ1n) is 10.2. The number of hydrogen-bond donors (Lipinski definition) is 1. The Labute approximate surface area is 184 Å². The van der Waals surface area contributed by atoms with Gasteiger partial charge < -0.3 is 9.88 Å². The van der Waals surface area contributed by atoms with Crippen LogP contribution in [0.15, 0.2) is 82.7 Å². The lowest BCUT2D eigenvalue weighted by atomic mass is 9.84. The van der Waals surface area contributed by atoms with Crippen LogP contribution in [0, 0.1) is 0 Å². The minimum Gasteiger partial charge on any atom is -0.312 e. The smallest absolute Gasteiger partial charge is 0.279 e. The number of nitrogens with one attached hydrogen (secondary N) is 1. The van der Waals surface area contributed by atoms with Crippen molar-refractivity contribution in [1.29, 1.82) is 0 Å². The van der Waals surface area contributed by atoms with E-state index in [9.17, 15) is 9.59 Å². The highest BCUT2D eigenvalue weighted by Gasteiger charge is 2.32. The third kappa shape index (κ3) is 3.64. The molecule has 0 saturated carbocycles. The minimum atomic E-state index is -0.325. The predicted octanol–water partition coefficient (Wildman–Crippen LogP) is 4.70. The molecule has 0 aliphatic carbocycles. The maximum Gasteiger partial charge on any atom is 0.279 e. The molecule has 154 valence electrons. The van der Waals surface area contributed by atoms with Gasteiger partial charge in [-0.15, -0.1) is 0 Å². The Morgan fingerprint density at radius 3 is 2.58 bits per heavy atom. The fourth-order valence-electron chi connectivity index (χ4n) is 4.21. The van der Waals surface area contributed by atoms with Gasteiger partial charge in [0.15, 0.2) is 5.16 Å². The summed E-state index contributed by atoms with van der Waals surface area (Å²) in [5, 5.41) is 5.66. The highest BCUT2D eigenvalue weighted by Crippen LogP contribution is 2.38. The van der Waals surface area contributed by atoms with Gasteiger partial charge >= 0.3 is 0 Å². The van der Waals surface area contributed by atoms with Crippen LogP contribution in [-0.4, -0.2) is 15.5 Å². The van der Waals surface area contributed by atoms with Crippen molar-refractivity contribution in [3.05, 3.63) is 99.8 Å². The maximum absolute atomic E-state index is 13.2. The average molecular weight is 428 g/mol. The number of amides is 1. The van der Waals surface area contributed by atoms with Crippen molar-refractivity contribution in [2.45, 2.75) is 23.2 Å². The number of thioether (sulfide) groups is 1. The lowest BCUT2D eigenvalue weighted by molar-refractivity contribution is -0.116. The summed E-state index contributed by atoms with van der Waals surface area (Å²) in [5.74, 6) is 0.824. The molecule has 1 atom stereocenters. The first-order chi connectivity index (χ1) is 15.1. The number of carbonyl (C=O) groups is 1. The number of anilines is 1. The standard InChI is InChI=1S/C25H21N3O2S/c1-28-23-22(24(30)27-25(28)31-15-16-8-3-2-4-9-16)20(14-21(29)26-23)19-13-7-11-17-10-5-6-12-18(17)19/h2-13,20H,14-15H2,1H3,(H,26,29). The number of rotatable bonds is 4. The zero-order valence-corrected chi connectivity index (χ0v) is 17.9. The van der Waals surface area contributed by atoms with Gasteiger partial charge in [-0.25, -0.2) is 0 Å². The fourth-order valence-corrected chi connectivity index (χ4v) is 5.13. The van der Waals surface area contributed by atoms with E-state index in [2.05, 4.69) is 10.3 Å². The van der Waals surface area contributed by atoms with E-state index >= 15 is 0 Å². The minimum absolute atomic E-state index is 0.0920. The number of benzene rings is 3. The third-order valence-electron chi connectivity index (χ3n) is 5.71. The topological polar surface area (TPSA) is 64.0 Å². The van der Waals surface area contributed by atoms with E-state index < -0.39 is 0 Å². The van der Waals surface area contributed by atoms with Crippen LogP contribution in [-0.2, 0) is 17.6 Å². The van der Waals surface area contributed by atoms with Crippen LogP contribution in [0.3, 0.4) is 0 Å². The molecule has 1 aromatic heterocycles. The lowest BCUT2D eigenvalue weighted by Crippen LogP contribution is -2.33. The normalized spacial score (nSPS) is 15.5. The molecule has 2 heterocycles. The molecule has 1 N–H and O–H groups in total. The van der Waals surface area contributed by atoms with Crippen molar-refractivity contribution in [2.24, 2.45) is 7.05 Å². The van der Waals surface area contributed by atoms with E-state index in [4.69, 9.17) is 0 Å². The van der Waals surface area contributed by atoms with Crippen LogP contribution in [0.25, 0.3) is 10.8 Å². The summed E-state index contributed by atoms with van der Waals surface area (Å²) in [4.78, 5) is 30.2. The molecule has 0 bridgehead atoms. The van der Waals surface area contributed by atoms with Crippen LogP contribution < -0.4 is 10.9 Å². The molecule has 5 nitrogen and oxygen atoms in total. The largest absolute Gasteiger partial charge is 0.312 e. The van der Waals surface area contributed by atoms with Gasteiger partial charge in [-0.1, -0.05) is 84.6 Å². The zero-order valence-electron chi connectivity index (χ0n) is 17.0. The van der Waals surface area contributed by atoms with E-state index in [0.717, 1.165) is 21.9 Å². The van der Waals surface area contributed by atoms with Gasteiger partial charge in [0.05, 0.1) is 5.56 Å². The second-order valence-corrected chi connectivity index (χ2v) is 8.61. The molecule has 0 saturated heterocycles. The Hall–Kier alpha value is -3.38. The first-order valence-corrected chi connectivity index (χ1v) is 11.2. The molecule has 31 heavy (non-hydrogen) atoms. The molecular weight excluding hydrogens is 406 g/mol. The van der Waals surface area contributed by atoms with Crippen molar-refractivity contribution in [1.82, 2.24) is 9.55 Å². The summed E-state index contributed by atoms with van der Waals surface area (Å²) < 4.78 is 1.83. The Kier molecular flexibility index (Phi) is 5.08. The summed E-state index contributed by atoms with van der Waals surface area (Å²) in [6, 6.07) is 24.1. The summed E-state index contributed by atoms with van der Waals surface area (Å²) in [6.45, 7) is 0. The van der Waals surface area contributed by atoms with Crippen molar-refractivity contribution >= 4 is 34.3 Å². The molecule has 0 radical (unpaired) electrons. The van der Waals surface area contributed by atoms with E-state index in [0.29, 0.717) is 22.3 Å². The third-order valence-corrected chi connectivity index (χ3v) is 6.81. The van der Waals surface area contributed by atoms with E-state index in [-0.39, 0.29) is 23.8 Å². The SMILES string of the molecule is Cn1c(SCc2ccccc2)nc(=O)c2c1NC(=O)CC2c1cccc2ccccc12. The molecule has 4 aromatic rings. The molecule has 1 aliphatic heterocycles. The lowest BCUT2D eigenvalue weighted by Gasteiger charge is -2.28. The van der Waals surface area contributed by atoms with E-state index in [1.165, 1.54) is 11.8 Å². The van der Waals surface area contributed by atoms with E-state index in [1.54, 1.807) is 0 Å². The van der Waals surface area contributed by atoms with Crippen LogP contribution in [0.2, 0.25) is 0 Å². The second-order valence-electron chi connectivity index (χ2n) is 7.67. The Morgan fingerprint density at radius 2 is 1.74 bits per heavy atom. The fraction of sp³-hybridized carbons (Fsp3) is 0.160. The number of aromatic nitrogens is 2. The molecule has 5 rings (SSSR count). The summed E-state index contributed by atoms with van der Waals surface area (Å²) in [7, 11) is 1.85. The van der Waals surface area contributed by atoms with E-state index in [1.807, 2.05) is 84.4 Å². The predicted molar refractivity (Wildman–Crippen MR) is 125 cm³/mol. The van der Waals surface area contributed by atoms with Gasteiger partial charge in [0, 0.05) is 25.1 Å². The van der Waals surface area contributed by atoms with Crippen molar-refractivity contribution in [3.63, 3.8) is 0 Å². The Balaban J connectivity index is 1.59. The average Bonchev–Trinajstić information content (AvgIpc) is 2.80. The zero-order chi connectivity index (χ0) is 21.4. The maximum atomic E-state index is 13.2. The van der Waals surface area contributed by atoms with Crippen molar-refractivity contribution < 1.29 is 4.79 Å². The molecule has 1 aliphatic rings. The summed E-state index contributed by atoms with van der Waals surface area (Å²) in [6.07, 6.45) is 0.231. The van der Waals surface area contributed by atoms with Gasteiger partial charge in [-0.05, 0) is 21.9 Å². The van der Waals surface area contributed by atoms with Gasteiger partial charge in [-0.3, -0.25) is 9.59 Å². The number of fused-ring (bicyclic) bond motifs is 2. The highest BCUT2D eigenvalue weighted by atomic mass is 32.2. The van der Waals surface area contributed by atoms with Crippen molar-refractivity contribution in [2.75, 3.05) is 5.32 Å². The monoisotopic (exact) mass is 427 g/mol. The van der Waals surface area contributed by atoms with Gasteiger partial charge in [0.2, 0.25) is 5.91 Å². The molecule has 1 amide bonds. The Bertz CT molecular complexity index is 1340. The molecule has 3 aromatic carbocycles. The second kappa shape index (κ2) is 8.04. The molecule has 6 heteroatoms. The van der Waals surface area contributed by atoms with Gasteiger partial charge in [-0.2, -0.15) is 4.98 Å². The molecular formula is C25H21N3O2S. The number of carbonyl (C=O) groups excluding carboxylic acids is 1. The number of hydrogen-bond acceptors (Lipinski definition) is 4. The van der Waals surface area contributed by atoms with Crippen LogP contribution in [0.1, 0.15) is 29.0 Å².